The summed E-state index contributed by atoms with van der Waals surface area (Å²) in [6.45, 7) is 2.47. The van der Waals surface area contributed by atoms with E-state index >= 15 is 0 Å². The fraction of sp³-hybridized carbons (Fsp3) is 0.160. The smallest absolute Gasteiger partial charge is 0.258 e. The van der Waals surface area contributed by atoms with Crippen LogP contribution in [0.5, 0.6) is 5.75 Å². The van der Waals surface area contributed by atoms with Crippen molar-refractivity contribution in [3.63, 3.8) is 0 Å². The van der Waals surface area contributed by atoms with Crippen molar-refractivity contribution in [3.05, 3.63) is 94.6 Å². The van der Waals surface area contributed by atoms with Gasteiger partial charge >= 0.3 is 0 Å². The molecule has 2 aromatic heterocycles. The number of rotatable bonds is 6. The number of ether oxygens (including phenoxy) is 1. The Bertz CT molecular complexity index is 1350. The van der Waals surface area contributed by atoms with Crippen LogP contribution in [-0.2, 0) is 6.54 Å². The Labute approximate surface area is 205 Å². The van der Waals surface area contributed by atoms with Gasteiger partial charge in [0.1, 0.15) is 11.6 Å². The molecule has 0 radical (unpaired) electrons. The van der Waals surface area contributed by atoms with Gasteiger partial charge in [0, 0.05) is 11.3 Å². The molecule has 0 fully saturated rings. The number of thiocarbonyl (C=S) groups is 1. The maximum absolute atomic E-state index is 13.6. The van der Waals surface area contributed by atoms with Gasteiger partial charge in [0.2, 0.25) is 5.82 Å². The molecule has 0 amide bonds. The van der Waals surface area contributed by atoms with Crippen molar-refractivity contribution >= 4 is 34.2 Å². The summed E-state index contributed by atoms with van der Waals surface area (Å²) in [5.41, 5.74) is 3.47. The van der Waals surface area contributed by atoms with E-state index in [-0.39, 0.29) is 11.9 Å². The zero-order valence-electron chi connectivity index (χ0n) is 18.5. The molecule has 0 spiro atoms. The van der Waals surface area contributed by atoms with Crippen molar-refractivity contribution in [2.24, 2.45) is 0 Å². The van der Waals surface area contributed by atoms with E-state index in [1.54, 1.807) is 19.2 Å². The van der Waals surface area contributed by atoms with Gasteiger partial charge in [-0.2, -0.15) is 4.98 Å². The highest BCUT2D eigenvalue weighted by molar-refractivity contribution is 7.80. The van der Waals surface area contributed by atoms with Crippen molar-refractivity contribution in [1.82, 2.24) is 20.4 Å². The number of benzene rings is 2. The zero-order chi connectivity index (χ0) is 23.7. The SMILES string of the molecule is COc1ccccc1CN1C(=S)NC(c2ccc(F)cc2)C(c2nc(-c3cccs3)no2)=C1C. The largest absolute Gasteiger partial charge is 0.496 e. The first-order valence-corrected chi connectivity index (χ1v) is 11.9. The summed E-state index contributed by atoms with van der Waals surface area (Å²) in [7, 11) is 1.65. The lowest BCUT2D eigenvalue weighted by atomic mass is 9.94. The lowest BCUT2D eigenvalue weighted by molar-refractivity contribution is 0.387. The molecule has 5 rings (SSSR count). The molecule has 172 valence electrons. The number of halogens is 1. The molecule has 3 heterocycles. The van der Waals surface area contributed by atoms with Gasteiger partial charge in [-0.1, -0.05) is 41.6 Å². The molecule has 0 aliphatic carbocycles. The van der Waals surface area contributed by atoms with Gasteiger partial charge in [-0.3, -0.25) is 0 Å². The molecule has 1 atom stereocenters. The van der Waals surface area contributed by atoms with E-state index in [4.69, 9.17) is 21.5 Å². The van der Waals surface area contributed by atoms with Crippen LogP contribution in [0.4, 0.5) is 4.39 Å². The molecule has 4 aromatic rings. The van der Waals surface area contributed by atoms with Gasteiger partial charge in [-0.15, -0.1) is 11.3 Å². The van der Waals surface area contributed by atoms with Crippen molar-refractivity contribution < 1.29 is 13.7 Å². The van der Waals surface area contributed by atoms with Gasteiger partial charge in [0.15, 0.2) is 5.11 Å². The summed E-state index contributed by atoms with van der Waals surface area (Å²) in [6.07, 6.45) is 0. The van der Waals surface area contributed by atoms with Crippen LogP contribution in [0, 0.1) is 5.82 Å². The summed E-state index contributed by atoms with van der Waals surface area (Å²) < 4.78 is 24.9. The number of nitrogens with zero attached hydrogens (tertiary/aromatic N) is 3. The summed E-state index contributed by atoms with van der Waals surface area (Å²) in [5.74, 6) is 1.38. The van der Waals surface area contributed by atoms with E-state index < -0.39 is 0 Å². The molecule has 2 aromatic carbocycles. The third-order valence-corrected chi connectivity index (χ3v) is 6.92. The third kappa shape index (κ3) is 4.20. The fourth-order valence-electron chi connectivity index (χ4n) is 4.00. The van der Waals surface area contributed by atoms with Gasteiger partial charge in [-0.05, 0) is 54.4 Å². The Balaban J connectivity index is 1.60. The number of methoxy groups -OCH3 is 1. The average Bonchev–Trinajstić information content (AvgIpc) is 3.54. The van der Waals surface area contributed by atoms with Crippen LogP contribution in [-0.4, -0.2) is 27.3 Å². The molecular weight excluding hydrogens is 471 g/mol. The first kappa shape index (κ1) is 22.2. The first-order valence-electron chi connectivity index (χ1n) is 10.6. The van der Waals surface area contributed by atoms with Gasteiger partial charge in [0.05, 0.1) is 30.1 Å². The molecular formula is C25H21FN4O2S2. The van der Waals surface area contributed by atoms with E-state index in [2.05, 4.69) is 15.5 Å². The maximum Gasteiger partial charge on any atom is 0.258 e. The Morgan fingerprint density at radius 3 is 2.68 bits per heavy atom. The van der Waals surface area contributed by atoms with E-state index in [1.165, 1.54) is 23.5 Å². The highest BCUT2D eigenvalue weighted by atomic mass is 32.1. The lowest BCUT2D eigenvalue weighted by Gasteiger charge is -2.37. The number of aromatic nitrogens is 2. The second-order valence-corrected chi connectivity index (χ2v) is 9.07. The topological polar surface area (TPSA) is 63.4 Å². The van der Waals surface area contributed by atoms with E-state index in [0.717, 1.165) is 33.0 Å². The zero-order valence-corrected chi connectivity index (χ0v) is 20.1. The number of nitrogens with one attached hydrogen (secondary N) is 1. The predicted molar refractivity (Wildman–Crippen MR) is 134 cm³/mol. The fourth-order valence-corrected chi connectivity index (χ4v) is 4.97. The Morgan fingerprint density at radius 1 is 1.15 bits per heavy atom. The van der Waals surface area contributed by atoms with Gasteiger partial charge in [0.25, 0.3) is 5.89 Å². The quantitative estimate of drug-likeness (QED) is 0.341. The molecule has 0 bridgehead atoms. The molecule has 6 nitrogen and oxygen atoms in total. The number of thiophene rings is 1. The molecule has 0 saturated heterocycles. The Morgan fingerprint density at radius 2 is 1.94 bits per heavy atom. The number of allylic oxidation sites excluding steroid dienone is 1. The van der Waals surface area contributed by atoms with Crippen LogP contribution in [0.3, 0.4) is 0 Å². The standard InChI is InChI=1S/C25H21FN4O2S2/c1-15-21(24-28-23(29-32-24)20-8-5-13-34-20)22(16-9-11-18(26)12-10-16)27-25(33)30(15)14-17-6-3-4-7-19(17)31-2/h3-13,22H,14H2,1-2H3,(H,27,33). The van der Waals surface area contributed by atoms with Crippen LogP contribution >= 0.6 is 23.6 Å². The maximum atomic E-state index is 13.6. The van der Waals surface area contributed by atoms with Gasteiger partial charge < -0.3 is 19.5 Å². The van der Waals surface area contributed by atoms with Crippen LogP contribution in [0.15, 0.2) is 76.3 Å². The highest BCUT2D eigenvalue weighted by Crippen LogP contribution is 2.38. The molecule has 1 unspecified atom stereocenters. The van der Waals surface area contributed by atoms with E-state index in [1.807, 2.05) is 53.6 Å². The lowest BCUT2D eigenvalue weighted by Crippen LogP contribution is -2.45. The summed E-state index contributed by atoms with van der Waals surface area (Å²) in [6, 6.07) is 17.6. The average molecular weight is 493 g/mol. The van der Waals surface area contributed by atoms with Crippen LogP contribution in [0.1, 0.15) is 30.0 Å². The minimum Gasteiger partial charge on any atom is -0.496 e. The minimum atomic E-state index is -0.376. The summed E-state index contributed by atoms with van der Waals surface area (Å²) in [5, 5.41) is 10.1. The summed E-state index contributed by atoms with van der Waals surface area (Å²) >= 11 is 7.30. The van der Waals surface area contributed by atoms with Crippen molar-refractivity contribution in [3.8, 4) is 16.5 Å². The highest BCUT2D eigenvalue weighted by Gasteiger charge is 2.34. The third-order valence-electron chi connectivity index (χ3n) is 5.72. The van der Waals surface area contributed by atoms with E-state index in [9.17, 15) is 4.39 Å². The van der Waals surface area contributed by atoms with Crippen molar-refractivity contribution in [2.75, 3.05) is 7.11 Å². The number of hydrogen-bond acceptors (Lipinski definition) is 6. The van der Waals surface area contributed by atoms with Crippen molar-refractivity contribution in [2.45, 2.75) is 19.5 Å². The second kappa shape index (κ2) is 9.36. The second-order valence-electron chi connectivity index (χ2n) is 7.73. The summed E-state index contributed by atoms with van der Waals surface area (Å²) in [4.78, 5) is 7.58. The van der Waals surface area contributed by atoms with Gasteiger partial charge in [-0.25, -0.2) is 4.39 Å². The normalized spacial score (nSPS) is 16.0. The number of para-hydroxylation sites is 1. The van der Waals surface area contributed by atoms with Crippen LogP contribution in [0.25, 0.3) is 16.3 Å². The minimum absolute atomic E-state index is 0.306. The monoisotopic (exact) mass is 492 g/mol. The van der Waals surface area contributed by atoms with E-state index in [0.29, 0.717) is 23.4 Å². The molecule has 34 heavy (non-hydrogen) atoms. The Kier molecular flexibility index (Phi) is 6.12. The number of hydrogen-bond donors (Lipinski definition) is 1. The predicted octanol–water partition coefficient (Wildman–Crippen LogP) is 5.81. The Hall–Kier alpha value is -3.56. The molecule has 1 aliphatic rings. The molecule has 0 saturated carbocycles. The van der Waals surface area contributed by atoms with Crippen molar-refractivity contribution in [1.29, 1.82) is 0 Å². The molecule has 1 aliphatic heterocycles. The molecule has 1 N–H and O–H groups in total. The van der Waals surface area contributed by atoms with Crippen LogP contribution < -0.4 is 10.1 Å². The first-order chi connectivity index (χ1) is 16.5. The molecule has 9 heteroatoms. The van der Waals surface area contributed by atoms with Crippen LogP contribution in [0.2, 0.25) is 0 Å².